The number of thiocarbonyl (C=S) groups is 1. The Balaban J connectivity index is 1.36. The van der Waals surface area contributed by atoms with E-state index in [4.69, 9.17) is 18.6 Å². The third-order valence-corrected chi connectivity index (χ3v) is 5.88. The van der Waals surface area contributed by atoms with Gasteiger partial charge in [0.1, 0.15) is 0 Å². The van der Waals surface area contributed by atoms with Crippen LogP contribution in [-0.4, -0.2) is 35.7 Å². The highest BCUT2D eigenvalue weighted by molar-refractivity contribution is 7.80. The number of benzene rings is 2. The summed E-state index contributed by atoms with van der Waals surface area (Å²) in [4.78, 5) is 2.53. The number of fused-ring (bicyclic) bond motifs is 4. The summed E-state index contributed by atoms with van der Waals surface area (Å²) < 4.78 is 0. The maximum absolute atomic E-state index is 5.67. The Morgan fingerprint density at radius 2 is 2.08 bits per heavy atom. The van der Waals surface area contributed by atoms with Crippen molar-refractivity contribution in [1.82, 2.24) is 10.2 Å². The lowest BCUT2D eigenvalue weighted by molar-refractivity contribution is 0.0248. The molecule has 3 aliphatic heterocycles. The largest absolute Gasteiger partial charge is 0.361 e. The van der Waals surface area contributed by atoms with E-state index in [1.807, 2.05) is 0 Å². The lowest BCUT2D eigenvalue weighted by atomic mass is 9.76. The summed E-state index contributed by atoms with van der Waals surface area (Å²) in [5, 5.41) is 9.86. The molecule has 128 valence electrons. The van der Waals surface area contributed by atoms with Gasteiger partial charge in [0.2, 0.25) is 0 Å². The lowest BCUT2D eigenvalue weighted by Crippen LogP contribution is -2.56. The molecular formula is C21H23N3S. The van der Waals surface area contributed by atoms with Gasteiger partial charge in [-0.05, 0) is 49.0 Å². The van der Waals surface area contributed by atoms with Crippen LogP contribution >= 0.6 is 12.2 Å². The Morgan fingerprint density at radius 3 is 2.88 bits per heavy atom. The van der Waals surface area contributed by atoms with Gasteiger partial charge in [-0.2, -0.15) is 0 Å². The highest BCUT2D eigenvalue weighted by Gasteiger charge is 2.39. The van der Waals surface area contributed by atoms with Crippen LogP contribution in [0.25, 0.3) is 10.8 Å². The van der Waals surface area contributed by atoms with Gasteiger partial charge in [-0.25, -0.2) is 0 Å². The normalized spacial score (nSPS) is 27.6. The van der Waals surface area contributed by atoms with Gasteiger partial charge in [-0.1, -0.05) is 36.4 Å². The number of anilines is 1. The van der Waals surface area contributed by atoms with E-state index in [9.17, 15) is 0 Å². The standard InChI is InChI=1S/C21H23N3S/c1-2-15-14-24-11-10-17(15)12-18(24)13-22-21(25)23-20-9-5-7-16-6-3-4-8-19(16)20/h1,3-9,15,17-18H,10-14H2,(H2,22,23,25). The molecule has 25 heavy (non-hydrogen) atoms. The third-order valence-electron chi connectivity index (χ3n) is 5.63. The summed E-state index contributed by atoms with van der Waals surface area (Å²) in [6.07, 6.45) is 8.09. The van der Waals surface area contributed by atoms with Crippen LogP contribution in [0.3, 0.4) is 0 Å². The van der Waals surface area contributed by atoms with Crippen LogP contribution < -0.4 is 10.6 Å². The van der Waals surface area contributed by atoms with Crippen molar-refractivity contribution in [2.24, 2.45) is 11.8 Å². The van der Waals surface area contributed by atoms with Gasteiger partial charge in [0, 0.05) is 36.1 Å². The number of hydrogen-bond donors (Lipinski definition) is 2. The number of rotatable bonds is 3. The average molecular weight is 350 g/mol. The van der Waals surface area contributed by atoms with Gasteiger partial charge in [0.15, 0.2) is 5.11 Å². The highest BCUT2D eigenvalue weighted by Crippen LogP contribution is 2.35. The quantitative estimate of drug-likeness (QED) is 0.655. The summed E-state index contributed by atoms with van der Waals surface area (Å²) >= 11 is 5.53. The zero-order valence-electron chi connectivity index (χ0n) is 14.2. The molecule has 2 N–H and O–H groups in total. The Hall–Kier alpha value is -2.09. The summed E-state index contributed by atoms with van der Waals surface area (Å²) in [5.74, 6) is 4.09. The highest BCUT2D eigenvalue weighted by atomic mass is 32.1. The Bertz CT molecular complexity index is 820. The fraction of sp³-hybridized carbons (Fsp3) is 0.381. The van der Waals surface area contributed by atoms with Crippen molar-refractivity contribution >= 4 is 33.8 Å². The average Bonchev–Trinajstić information content (AvgIpc) is 2.67. The maximum atomic E-state index is 5.67. The summed E-state index contributed by atoms with van der Waals surface area (Å²) in [5.41, 5.74) is 1.05. The molecule has 3 heterocycles. The van der Waals surface area contributed by atoms with Crippen molar-refractivity contribution in [2.45, 2.75) is 18.9 Å². The van der Waals surface area contributed by atoms with E-state index >= 15 is 0 Å². The molecule has 2 aromatic carbocycles. The molecule has 0 aromatic heterocycles. The predicted molar refractivity (Wildman–Crippen MR) is 109 cm³/mol. The Labute approximate surface area is 154 Å². The topological polar surface area (TPSA) is 27.3 Å². The van der Waals surface area contributed by atoms with E-state index in [2.05, 4.69) is 63.9 Å². The molecule has 3 nitrogen and oxygen atoms in total. The van der Waals surface area contributed by atoms with Crippen molar-refractivity contribution in [3.63, 3.8) is 0 Å². The summed E-state index contributed by atoms with van der Waals surface area (Å²) in [7, 11) is 0. The first-order valence-corrected chi connectivity index (χ1v) is 9.38. The first kappa shape index (κ1) is 16.4. The van der Waals surface area contributed by atoms with E-state index in [1.54, 1.807) is 0 Å². The molecule has 4 unspecified atom stereocenters. The van der Waals surface area contributed by atoms with Gasteiger partial charge in [0.05, 0.1) is 0 Å². The molecule has 5 rings (SSSR count). The second-order valence-electron chi connectivity index (χ2n) is 7.07. The van der Waals surface area contributed by atoms with Crippen LogP contribution in [0.15, 0.2) is 42.5 Å². The van der Waals surface area contributed by atoms with Crippen LogP contribution in [0.4, 0.5) is 5.69 Å². The predicted octanol–water partition coefficient (Wildman–Crippen LogP) is 3.47. The van der Waals surface area contributed by atoms with E-state index < -0.39 is 0 Å². The summed E-state index contributed by atoms with van der Waals surface area (Å²) in [6, 6.07) is 15.1. The second-order valence-corrected chi connectivity index (χ2v) is 7.48. The Morgan fingerprint density at radius 1 is 1.24 bits per heavy atom. The van der Waals surface area contributed by atoms with Gasteiger partial charge >= 0.3 is 0 Å². The molecule has 0 saturated carbocycles. The van der Waals surface area contributed by atoms with Crippen LogP contribution in [-0.2, 0) is 0 Å². The van der Waals surface area contributed by atoms with Gasteiger partial charge in [0.25, 0.3) is 0 Å². The van der Waals surface area contributed by atoms with Crippen LogP contribution in [0.5, 0.6) is 0 Å². The number of nitrogens with zero attached hydrogens (tertiary/aromatic N) is 1. The SMILES string of the molecule is C#CC1CN2CCC1CC2CNC(=S)Nc1cccc2ccccc12. The zero-order valence-corrected chi connectivity index (χ0v) is 15.1. The lowest BCUT2D eigenvalue weighted by Gasteiger charge is -2.48. The van der Waals surface area contributed by atoms with Crippen molar-refractivity contribution < 1.29 is 0 Å². The maximum Gasteiger partial charge on any atom is 0.170 e. The second kappa shape index (κ2) is 7.03. The fourth-order valence-corrected chi connectivity index (χ4v) is 4.44. The molecular weight excluding hydrogens is 326 g/mol. The molecule has 3 fully saturated rings. The number of terminal acetylenes is 1. The molecule has 0 spiro atoms. The molecule has 0 amide bonds. The van der Waals surface area contributed by atoms with Crippen LogP contribution in [0.1, 0.15) is 12.8 Å². The minimum absolute atomic E-state index is 0.436. The van der Waals surface area contributed by atoms with Gasteiger partial charge < -0.3 is 10.6 Å². The van der Waals surface area contributed by atoms with Crippen LogP contribution in [0, 0.1) is 24.2 Å². The van der Waals surface area contributed by atoms with E-state index in [0.717, 1.165) is 18.8 Å². The van der Waals surface area contributed by atoms with Crippen molar-refractivity contribution in [3.8, 4) is 12.3 Å². The number of piperidine rings is 3. The number of hydrogen-bond acceptors (Lipinski definition) is 2. The summed E-state index contributed by atoms with van der Waals surface area (Å²) in [6.45, 7) is 3.08. The minimum atomic E-state index is 0.436. The first-order chi connectivity index (χ1) is 12.2. The van der Waals surface area contributed by atoms with E-state index in [0.29, 0.717) is 23.0 Å². The third kappa shape index (κ3) is 3.35. The number of nitrogens with one attached hydrogen (secondary N) is 2. The van der Waals surface area contributed by atoms with Crippen molar-refractivity contribution in [1.29, 1.82) is 0 Å². The molecule has 3 aliphatic rings. The zero-order chi connectivity index (χ0) is 17.2. The smallest absolute Gasteiger partial charge is 0.170 e. The molecule has 0 radical (unpaired) electrons. The van der Waals surface area contributed by atoms with Crippen LogP contribution in [0.2, 0.25) is 0 Å². The minimum Gasteiger partial charge on any atom is -0.361 e. The van der Waals surface area contributed by atoms with Gasteiger partial charge in [-0.3, -0.25) is 4.90 Å². The molecule has 3 saturated heterocycles. The first-order valence-electron chi connectivity index (χ1n) is 8.97. The molecule has 2 aromatic rings. The van der Waals surface area contributed by atoms with Crippen molar-refractivity contribution in [2.75, 3.05) is 25.0 Å². The van der Waals surface area contributed by atoms with E-state index in [-0.39, 0.29) is 0 Å². The van der Waals surface area contributed by atoms with Gasteiger partial charge in [-0.15, -0.1) is 12.3 Å². The van der Waals surface area contributed by atoms with E-state index in [1.165, 1.54) is 30.2 Å². The van der Waals surface area contributed by atoms with Crippen molar-refractivity contribution in [3.05, 3.63) is 42.5 Å². The fourth-order valence-electron chi connectivity index (χ4n) is 4.25. The molecule has 0 aliphatic carbocycles. The molecule has 2 bridgehead atoms. The molecule has 4 heteroatoms. The Kier molecular flexibility index (Phi) is 4.61. The molecule has 4 atom stereocenters. The monoisotopic (exact) mass is 349 g/mol.